The van der Waals surface area contributed by atoms with Gasteiger partial charge >= 0.3 is 0 Å². The van der Waals surface area contributed by atoms with E-state index in [0.29, 0.717) is 23.7 Å². The van der Waals surface area contributed by atoms with E-state index >= 15 is 0 Å². The molecule has 0 N–H and O–H groups in total. The van der Waals surface area contributed by atoms with Gasteiger partial charge in [-0.2, -0.15) is 0 Å². The molecule has 1 aromatic carbocycles. The second kappa shape index (κ2) is 5.86. The molecule has 0 aliphatic rings. The van der Waals surface area contributed by atoms with E-state index in [1.165, 1.54) is 0 Å². The van der Waals surface area contributed by atoms with Crippen LogP contribution in [0.5, 0.6) is 11.5 Å². The number of benzene rings is 1. The van der Waals surface area contributed by atoms with Crippen LogP contribution in [0.3, 0.4) is 0 Å². The fourth-order valence-electron chi connectivity index (χ4n) is 1.19. The van der Waals surface area contributed by atoms with E-state index in [0.717, 1.165) is 12.7 Å². The van der Waals surface area contributed by atoms with Crippen molar-refractivity contribution in [1.29, 1.82) is 0 Å². The fraction of sp³-hybridized carbons (Fsp3) is 0.250. The molecule has 0 saturated carbocycles. The summed E-state index contributed by atoms with van der Waals surface area (Å²) in [6.45, 7) is 4.09. The smallest absolute Gasteiger partial charge is 0.171 e. The van der Waals surface area contributed by atoms with Crippen LogP contribution in [0.15, 0.2) is 30.9 Å². The third-order valence-electron chi connectivity index (χ3n) is 1.92. The standard InChI is InChI=1S/C12H14O3/c1-3-4-8-15-12-10(9-13)6-5-7-11(12)14-2/h3,5-7,9H,1,4,8H2,2H3. The highest BCUT2D eigenvalue weighted by Crippen LogP contribution is 2.29. The Hall–Kier alpha value is -1.77. The van der Waals surface area contributed by atoms with Gasteiger partial charge in [0.05, 0.1) is 19.3 Å². The molecule has 80 valence electrons. The number of para-hydroxylation sites is 1. The normalized spacial score (nSPS) is 9.40. The van der Waals surface area contributed by atoms with Crippen molar-refractivity contribution in [3.8, 4) is 11.5 Å². The fourth-order valence-corrected chi connectivity index (χ4v) is 1.19. The van der Waals surface area contributed by atoms with Gasteiger partial charge in [-0.05, 0) is 18.6 Å². The Balaban J connectivity index is 2.89. The van der Waals surface area contributed by atoms with Gasteiger partial charge in [0, 0.05) is 0 Å². The predicted octanol–water partition coefficient (Wildman–Crippen LogP) is 2.46. The van der Waals surface area contributed by atoms with Crippen molar-refractivity contribution < 1.29 is 14.3 Å². The molecule has 1 rings (SSSR count). The SMILES string of the molecule is C=CCCOc1c(C=O)cccc1OC. The first-order chi connectivity index (χ1) is 7.33. The molecule has 0 amide bonds. The minimum atomic E-state index is 0.491. The monoisotopic (exact) mass is 206 g/mol. The molecule has 0 fully saturated rings. The molecule has 15 heavy (non-hydrogen) atoms. The maximum atomic E-state index is 10.8. The summed E-state index contributed by atoms with van der Waals surface area (Å²) in [6, 6.07) is 5.21. The zero-order valence-corrected chi connectivity index (χ0v) is 8.73. The number of hydrogen-bond acceptors (Lipinski definition) is 3. The van der Waals surface area contributed by atoms with Crippen molar-refractivity contribution in [2.75, 3.05) is 13.7 Å². The lowest BCUT2D eigenvalue weighted by atomic mass is 10.2. The highest BCUT2D eigenvalue weighted by atomic mass is 16.5. The summed E-state index contributed by atoms with van der Waals surface area (Å²) in [5.74, 6) is 1.07. The number of carbonyl (C=O) groups excluding carboxylic acids is 1. The van der Waals surface area contributed by atoms with Crippen molar-refractivity contribution >= 4 is 6.29 Å². The summed E-state index contributed by atoms with van der Waals surface area (Å²) in [4.78, 5) is 10.8. The van der Waals surface area contributed by atoms with E-state index in [9.17, 15) is 4.79 Å². The Morgan fingerprint density at radius 1 is 1.47 bits per heavy atom. The van der Waals surface area contributed by atoms with Gasteiger partial charge in [-0.3, -0.25) is 4.79 Å². The van der Waals surface area contributed by atoms with Crippen LogP contribution in [-0.4, -0.2) is 20.0 Å². The maximum Gasteiger partial charge on any atom is 0.171 e. The summed E-state index contributed by atoms with van der Waals surface area (Å²) in [7, 11) is 1.55. The largest absolute Gasteiger partial charge is 0.493 e. The van der Waals surface area contributed by atoms with Gasteiger partial charge in [0.2, 0.25) is 0 Å². The van der Waals surface area contributed by atoms with Crippen LogP contribution >= 0.6 is 0 Å². The average Bonchev–Trinajstić information content (AvgIpc) is 2.29. The van der Waals surface area contributed by atoms with Crippen molar-refractivity contribution in [3.05, 3.63) is 36.4 Å². The molecule has 0 aliphatic carbocycles. The van der Waals surface area contributed by atoms with Crippen LogP contribution in [0, 0.1) is 0 Å². The molecule has 3 nitrogen and oxygen atoms in total. The van der Waals surface area contributed by atoms with E-state index in [-0.39, 0.29) is 0 Å². The molecular formula is C12H14O3. The number of aldehydes is 1. The summed E-state index contributed by atoms with van der Waals surface area (Å²) in [6.07, 6.45) is 3.25. The first kappa shape index (κ1) is 11.3. The highest BCUT2D eigenvalue weighted by molar-refractivity contribution is 5.81. The van der Waals surface area contributed by atoms with E-state index in [1.54, 1.807) is 31.4 Å². The molecule has 0 saturated heterocycles. The number of methoxy groups -OCH3 is 1. The van der Waals surface area contributed by atoms with Crippen LogP contribution in [-0.2, 0) is 0 Å². The number of ether oxygens (including phenoxy) is 2. The molecular weight excluding hydrogens is 192 g/mol. The third-order valence-corrected chi connectivity index (χ3v) is 1.92. The molecule has 1 aromatic rings. The van der Waals surface area contributed by atoms with E-state index < -0.39 is 0 Å². The zero-order valence-electron chi connectivity index (χ0n) is 8.73. The molecule has 0 radical (unpaired) electrons. The molecule has 0 aromatic heterocycles. The van der Waals surface area contributed by atoms with Gasteiger partial charge in [-0.15, -0.1) is 6.58 Å². The summed E-state index contributed by atoms with van der Waals surface area (Å²) in [5.41, 5.74) is 0.499. The van der Waals surface area contributed by atoms with E-state index in [2.05, 4.69) is 6.58 Å². The Bertz CT molecular complexity index is 345. The molecule has 0 spiro atoms. The third kappa shape index (κ3) is 2.84. The van der Waals surface area contributed by atoms with Crippen molar-refractivity contribution in [3.63, 3.8) is 0 Å². The number of rotatable bonds is 6. The Labute approximate surface area is 89.3 Å². The zero-order chi connectivity index (χ0) is 11.1. The average molecular weight is 206 g/mol. The van der Waals surface area contributed by atoms with Gasteiger partial charge in [0.15, 0.2) is 17.8 Å². The van der Waals surface area contributed by atoms with Crippen LogP contribution < -0.4 is 9.47 Å². The quantitative estimate of drug-likeness (QED) is 0.407. The number of hydrogen-bond donors (Lipinski definition) is 0. The van der Waals surface area contributed by atoms with Crippen molar-refractivity contribution in [2.24, 2.45) is 0 Å². The Morgan fingerprint density at radius 3 is 2.87 bits per heavy atom. The summed E-state index contributed by atoms with van der Waals surface area (Å²) in [5, 5.41) is 0. The van der Waals surface area contributed by atoms with Crippen LogP contribution in [0.2, 0.25) is 0 Å². The van der Waals surface area contributed by atoms with Crippen LogP contribution in [0.25, 0.3) is 0 Å². The lowest BCUT2D eigenvalue weighted by molar-refractivity contribution is 0.111. The van der Waals surface area contributed by atoms with Crippen molar-refractivity contribution in [2.45, 2.75) is 6.42 Å². The molecule has 0 unspecified atom stereocenters. The first-order valence-electron chi connectivity index (χ1n) is 4.69. The lowest BCUT2D eigenvalue weighted by Crippen LogP contribution is -2.01. The summed E-state index contributed by atoms with van der Waals surface area (Å²) >= 11 is 0. The molecule has 0 bridgehead atoms. The van der Waals surface area contributed by atoms with Gasteiger partial charge in [0.1, 0.15) is 0 Å². The lowest BCUT2D eigenvalue weighted by Gasteiger charge is -2.11. The highest BCUT2D eigenvalue weighted by Gasteiger charge is 2.08. The molecule has 0 aliphatic heterocycles. The first-order valence-corrected chi connectivity index (χ1v) is 4.69. The van der Waals surface area contributed by atoms with E-state index in [4.69, 9.17) is 9.47 Å². The summed E-state index contributed by atoms with van der Waals surface area (Å²) < 4.78 is 10.6. The van der Waals surface area contributed by atoms with Crippen molar-refractivity contribution in [1.82, 2.24) is 0 Å². The van der Waals surface area contributed by atoms with Crippen LogP contribution in [0.4, 0.5) is 0 Å². The second-order valence-electron chi connectivity index (χ2n) is 2.92. The van der Waals surface area contributed by atoms with E-state index in [1.807, 2.05) is 0 Å². The van der Waals surface area contributed by atoms with Gasteiger partial charge in [0.25, 0.3) is 0 Å². The van der Waals surface area contributed by atoms with Gasteiger partial charge in [-0.1, -0.05) is 12.1 Å². The van der Waals surface area contributed by atoms with Gasteiger partial charge < -0.3 is 9.47 Å². The second-order valence-corrected chi connectivity index (χ2v) is 2.92. The maximum absolute atomic E-state index is 10.8. The van der Waals surface area contributed by atoms with Gasteiger partial charge in [-0.25, -0.2) is 0 Å². The topological polar surface area (TPSA) is 35.5 Å². The Kier molecular flexibility index (Phi) is 4.41. The molecule has 3 heteroatoms. The predicted molar refractivity (Wildman–Crippen MR) is 58.7 cm³/mol. The molecule has 0 atom stereocenters. The number of carbonyl (C=O) groups is 1. The Morgan fingerprint density at radius 2 is 2.27 bits per heavy atom. The minimum absolute atomic E-state index is 0.491. The molecule has 0 heterocycles. The minimum Gasteiger partial charge on any atom is -0.493 e. The van der Waals surface area contributed by atoms with Crippen LogP contribution in [0.1, 0.15) is 16.8 Å².